The van der Waals surface area contributed by atoms with Gasteiger partial charge in [0.05, 0.1) is 5.35 Å². The van der Waals surface area contributed by atoms with Gasteiger partial charge in [0.15, 0.2) is 0 Å². The third-order valence-electron chi connectivity index (χ3n) is 1.25. The standard InChI is InChI=1S/C6H9N3/c1-4-6-5(2)9(3)8-7-6/h4H,2H2,1,3H3/b6-4+. The molecule has 0 saturated carbocycles. The van der Waals surface area contributed by atoms with Crippen LogP contribution in [0.3, 0.4) is 0 Å². The molecule has 1 aromatic heterocycles. The third-order valence-corrected chi connectivity index (χ3v) is 1.25. The van der Waals surface area contributed by atoms with Crippen LogP contribution in [-0.2, 0) is 7.05 Å². The summed E-state index contributed by atoms with van der Waals surface area (Å²) in [5, 5.41) is 9.31. The molecule has 0 N–H and O–H groups in total. The van der Waals surface area contributed by atoms with Crippen LogP contribution >= 0.6 is 0 Å². The Bertz CT molecular complexity index is 297. The van der Waals surface area contributed by atoms with E-state index in [-0.39, 0.29) is 0 Å². The van der Waals surface area contributed by atoms with E-state index in [1.807, 2.05) is 20.0 Å². The number of hydrogen-bond donors (Lipinski definition) is 0. The van der Waals surface area contributed by atoms with E-state index in [4.69, 9.17) is 0 Å². The fourth-order valence-electron chi connectivity index (χ4n) is 0.617. The Labute approximate surface area is 53.3 Å². The summed E-state index contributed by atoms with van der Waals surface area (Å²) >= 11 is 0. The molecule has 0 radical (unpaired) electrons. The molecule has 0 spiro atoms. The van der Waals surface area contributed by atoms with Crippen molar-refractivity contribution in [2.45, 2.75) is 6.92 Å². The van der Waals surface area contributed by atoms with Gasteiger partial charge >= 0.3 is 0 Å². The van der Waals surface area contributed by atoms with E-state index in [1.54, 1.807) is 4.68 Å². The normalized spacial score (nSPS) is 12.4. The molecule has 0 saturated heterocycles. The van der Waals surface area contributed by atoms with E-state index >= 15 is 0 Å². The van der Waals surface area contributed by atoms with Crippen molar-refractivity contribution >= 4 is 12.7 Å². The molecule has 3 nitrogen and oxygen atoms in total. The second kappa shape index (κ2) is 2.01. The van der Waals surface area contributed by atoms with Crippen LogP contribution in [0.2, 0.25) is 0 Å². The third kappa shape index (κ3) is 0.850. The van der Waals surface area contributed by atoms with Crippen LogP contribution in [0.5, 0.6) is 0 Å². The number of aromatic nitrogens is 3. The average molecular weight is 123 g/mol. The quantitative estimate of drug-likeness (QED) is 0.444. The molecule has 0 aliphatic rings. The van der Waals surface area contributed by atoms with Crippen LogP contribution in [0.25, 0.3) is 12.7 Å². The van der Waals surface area contributed by atoms with Crippen molar-refractivity contribution in [1.82, 2.24) is 15.0 Å². The molecule has 0 aromatic carbocycles. The number of hydrogen-bond acceptors (Lipinski definition) is 2. The van der Waals surface area contributed by atoms with Gasteiger partial charge < -0.3 is 0 Å². The van der Waals surface area contributed by atoms with Crippen molar-refractivity contribution < 1.29 is 0 Å². The van der Waals surface area contributed by atoms with E-state index in [9.17, 15) is 0 Å². The maximum Gasteiger partial charge on any atom is 0.108 e. The minimum Gasteiger partial charge on any atom is -0.248 e. The first-order valence-electron chi connectivity index (χ1n) is 2.76. The zero-order valence-corrected chi connectivity index (χ0v) is 5.63. The van der Waals surface area contributed by atoms with Gasteiger partial charge in [-0.3, -0.25) is 0 Å². The van der Waals surface area contributed by atoms with Crippen molar-refractivity contribution in [1.29, 1.82) is 0 Å². The molecule has 0 amide bonds. The first-order chi connectivity index (χ1) is 4.25. The number of nitrogens with zero attached hydrogens (tertiary/aromatic N) is 3. The Morgan fingerprint density at radius 1 is 1.67 bits per heavy atom. The predicted octanol–water partition coefficient (Wildman–Crippen LogP) is -0.974. The molecular formula is C6H9N3. The summed E-state index contributed by atoms with van der Waals surface area (Å²) in [7, 11) is 1.82. The van der Waals surface area contributed by atoms with Gasteiger partial charge in [-0.25, -0.2) is 4.68 Å². The molecule has 0 aliphatic heterocycles. The average Bonchev–Trinajstić information content (AvgIpc) is 2.15. The summed E-state index contributed by atoms with van der Waals surface area (Å²) in [4.78, 5) is 0. The lowest BCUT2D eigenvalue weighted by atomic mass is 10.5. The molecule has 0 atom stereocenters. The first-order valence-corrected chi connectivity index (χ1v) is 2.76. The van der Waals surface area contributed by atoms with Crippen molar-refractivity contribution in [2.75, 3.05) is 0 Å². The zero-order valence-electron chi connectivity index (χ0n) is 5.63. The molecule has 1 rings (SSSR count). The van der Waals surface area contributed by atoms with Crippen molar-refractivity contribution in [3.05, 3.63) is 10.7 Å². The predicted molar refractivity (Wildman–Crippen MR) is 35.9 cm³/mol. The van der Waals surface area contributed by atoms with Crippen LogP contribution in [0.4, 0.5) is 0 Å². The highest BCUT2D eigenvalue weighted by Crippen LogP contribution is 1.53. The van der Waals surface area contributed by atoms with Gasteiger partial charge in [-0.2, -0.15) is 0 Å². The number of aryl methyl sites for hydroxylation is 1. The Hall–Kier alpha value is -1.12. The van der Waals surface area contributed by atoms with E-state index in [1.165, 1.54) is 0 Å². The highest BCUT2D eigenvalue weighted by molar-refractivity contribution is 5.14. The Balaban J connectivity index is 3.57. The molecule has 3 heteroatoms. The minimum atomic E-state index is 0.859. The topological polar surface area (TPSA) is 30.7 Å². The molecule has 1 aromatic rings. The SMILES string of the molecule is C=c1/c(=C\C)nnn1C. The Kier molecular flexibility index (Phi) is 1.34. The van der Waals surface area contributed by atoms with Gasteiger partial charge in [-0.1, -0.05) is 17.9 Å². The lowest BCUT2D eigenvalue weighted by molar-refractivity contribution is 0.699. The molecule has 48 valence electrons. The van der Waals surface area contributed by atoms with Crippen LogP contribution in [0.15, 0.2) is 0 Å². The van der Waals surface area contributed by atoms with Gasteiger partial charge in [0.2, 0.25) is 0 Å². The van der Waals surface area contributed by atoms with Gasteiger partial charge in [-0.05, 0) is 6.92 Å². The van der Waals surface area contributed by atoms with E-state index in [0.29, 0.717) is 0 Å². The van der Waals surface area contributed by atoms with Crippen molar-refractivity contribution in [3.63, 3.8) is 0 Å². The van der Waals surface area contributed by atoms with Gasteiger partial charge in [-0.15, -0.1) is 5.10 Å². The molecule has 0 bridgehead atoms. The minimum absolute atomic E-state index is 0.859. The van der Waals surface area contributed by atoms with Crippen molar-refractivity contribution in [2.24, 2.45) is 7.05 Å². The monoisotopic (exact) mass is 123 g/mol. The molecule has 9 heavy (non-hydrogen) atoms. The van der Waals surface area contributed by atoms with Gasteiger partial charge in [0.1, 0.15) is 5.35 Å². The zero-order chi connectivity index (χ0) is 6.85. The Morgan fingerprint density at radius 2 is 2.33 bits per heavy atom. The van der Waals surface area contributed by atoms with Gasteiger partial charge in [0.25, 0.3) is 0 Å². The summed E-state index contributed by atoms with van der Waals surface area (Å²) in [6.07, 6.45) is 1.88. The van der Waals surface area contributed by atoms with Crippen LogP contribution in [0, 0.1) is 0 Å². The smallest absolute Gasteiger partial charge is 0.108 e. The fraction of sp³-hybridized carbons (Fsp3) is 0.333. The van der Waals surface area contributed by atoms with Crippen LogP contribution < -0.4 is 10.7 Å². The maximum absolute atomic E-state index is 3.83. The molecule has 1 heterocycles. The molecular weight excluding hydrogens is 114 g/mol. The summed E-state index contributed by atoms with van der Waals surface area (Å²) in [6, 6.07) is 0. The summed E-state index contributed by atoms with van der Waals surface area (Å²) in [6.45, 7) is 5.67. The second-order valence-corrected chi connectivity index (χ2v) is 1.83. The first kappa shape index (κ1) is 6.01. The van der Waals surface area contributed by atoms with Gasteiger partial charge in [0, 0.05) is 7.05 Å². The largest absolute Gasteiger partial charge is 0.248 e. The van der Waals surface area contributed by atoms with Crippen LogP contribution in [0.1, 0.15) is 6.92 Å². The number of rotatable bonds is 0. The summed E-state index contributed by atoms with van der Waals surface area (Å²) in [5.74, 6) is 0. The van der Waals surface area contributed by atoms with Crippen molar-refractivity contribution in [3.8, 4) is 0 Å². The Morgan fingerprint density at radius 3 is 2.56 bits per heavy atom. The summed E-state index contributed by atoms with van der Waals surface area (Å²) in [5.41, 5.74) is 0. The fourth-order valence-corrected chi connectivity index (χ4v) is 0.617. The van der Waals surface area contributed by atoms with E-state index < -0.39 is 0 Å². The molecule has 0 unspecified atom stereocenters. The van der Waals surface area contributed by atoms with Crippen LogP contribution in [-0.4, -0.2) is 15.0 Å². The summed E-state index contributed by atoms with van der Waals surface area (Å²) < 4.78 is 1.65. The lowest BCUT2D eigenvalue weighted by Gasteiger charge is -1.79. The second-order valence-electron chi connectivity index (χ2n) is 1.83. The highest BCUT2D eigenvalue weighted by atomic mass is 15.4. The lowest BCUT2D eigenvalue weighted by Crippen LogP contribution is -2.26. The maximum atomic E-state index is 3.83. The molecule has 0 fully saturated rings. The van der Waals surface area contributed by atoms with E-state index in [2.05, 4.69) is 16.9 Å². The van der Waals surface area contributed by atoms with E-state index in [0.717, 1.165) is 10.7 Å². The highest BCUT2D eigenvalue weighted by Gasteiger charge is 1.86. The molecule has 0 aliphatic carbocycles.